The highest BCUT2D eigenvalue weighted by molar-refractivity contribution is 7.92. The van der Waals surface area contributed by atoms with Gasteiger partial charge in [-0.3, -0.25) is 14.8 Å². The minimum Gasteiger partial charge on any atom is -0.381 e. The highest BCUT2D eigenvalue weighted by Crippen LogP contribution is 2.47. The van der Waals surface area contributed by atoms with Crippen LogP contribution in [-0.4, -0.2) is 55.0 Å². The lowest BCUT2D eigenvalue weighted by molar-refractivity contribution is -0.139. The van der Waals surface area contributed by atoms with E-state index in [1.54, 1.807) is 18.5 Å². The van der Waals surface area contributed by atoms with Crippen molar-refractivity contribution >= 4 is 15.6 Å². The maximum absolute atomic E-state index is 13.8. The van der Waals surface area contributed by atoms with E-state index >= 15 is 0 Å². The molecule has 9 heteroatoms. The molecule has 8 nitrogen and oxygen atoms in total. The first-order chi connectivity index (χ1) is 18.7. The van der Waals surface area contributed by atoms with Crippen molar-refractivity contribution in [2.75, 3.05) is 19.8 Å². The van der Waals surface area contributed by atoms with Crippen molar-refractivity contribution in [1.82, 2.24) is 9.97 Å². The summed E-state index contributed by atoms with van der Waals surface area (Å²) in [5, 5.41) is -0.241. The Bertz CT molecular complexity index is 1310. The monoisotopic (exact) mass is 554 g/mol. The summed E-state index contributed by atoms with van der Waals surface area (Å²) >= 11 is 0. The molecule has 2 aliphatic heterocycles. The minimum absolute atomic E-state index is 0.0877. The molecule has 0 spiro atoms. The van der Waals surface area contributed by atoms with Gasteiger partial charge in [0.2, 0.25) is 0 Å². The molecular formula is C30H38N2O6S. The molecule has 1 unspecified atom stereocenters. The van der Waals surface area contributed by atoms with Crippen LogP contribution in [0.5, 0.6) is 0 Å². The fraction of sp³-hybridized carbons (Fsp3) is 0.633. The lowest BCUT2D eigenvalue weighted by atomic mass is 9.81. The number of hydrogen-bond donors (Lipinski definition) is 0. The van der Waals surface area contributed by atoms with Crippen LogP contribution in [0.3, 0.4) is 0 Å². The van der Waals surface area contributed by atoms with E-state index in [0.29, 0.717) is 42.0 Å². The molecule has 1 aromatic heterocycles. The van der Waals surface area contributed by atoms with E-state index in [1.807, 2.05) is 26.0 Å². The molecule has 39 heavy (non-hydrogen) atoms. The molecule has 1 aromatic carbocycles. The van der Waals surface area contributed by atoms with E-state index < -0.39 is 15.6 Å². The first kappa shape index (κ1) is 27.0. The van der Waals surface area contributed by atoms with Gasteiger partial charge in [0.1, 0.15) is 11.9 Å². The quantitative estimate of drug-likeness (QED) is 0.412. The van der Waals surface area contributed by atoms with Crippen LogP contribution in [0, 0.1) is 5.92 Å². The lowest BCUT2D eigenvalue weighted by Crippen LogP contribution is -2.23. The topological polar surface area (TPSA) is 105 Å². The van der Waals surface area contributed by atoms with Gasteiger partial charge in [-0.25, -0.2) is 8.42 Å². The lowest BCUT2D eigenvalue weighted by Gasteiger charge is -2.27. The number of ketones is 1. The molecule has 0 amide bonds. The Morgan fingerprint density at radius 2 is 1.82 bits per heavy atom. The fourth-order valence-electron chi connectivity index (χ4n) is 5.84. The maximum atomic E-state index is 13.8. The number of nitrogens with zero attached hydrogens (tertiary/aromatic N) is 2. The summed E-state index contributed by atoms with van der Waals surface area (Å²) in [6.07, 6.45) is 9.34. The van der Waals surface area contributed by atoms with Crippen LogP contribution in [0.2, 0.25) is 0 Å². The number of ether oxygens (including phenoxy) is 3. The predicted octanol–water partition coefficient (Wildman–Crippen LogP) is 4.83. The van der Waals surface area contributed by atoms with Crippen LogP contribution in [-0.2, 0) is 35.3 Å². The zero-order valence-electron chi connectivity index (χ0n) is 22.8. The van der Waals surface area contributed by atoms with Crippen LogP contribution >= 0.6 is 0 Å². The summed E-state index contributed by atoms with van der Waals surface area (Å²) in [5.74, 6) is -0.215. The number of sulfone groups is 1. The number of carbonyl (C=O) groups excluding carboxylic acids is 1. The Labute approximate surface area is 230 Å². The largest absolute Gasteiger partial charge is 0.381 e. The van der Waals surface area contributed by atoms with Gasteiger partial charge in [0.05, 0.1) is 40.8 Å². The van der Waals surface area contributed by atoms with E-state index in [-0.39, 0.29) is 35.4 Å². The Balaban J connectivity index is 1.24. The molecule has 2 saturated heterocycles. The second-order valence-electron chi connectivity index (χ2n) is 12.1. The molecule has 2 saturated carbocycles. The summed E-state index contributed by atoms with van der Waals surface area (Å²) in [4.78, 5) is 23.4. The van der Waals surface area contributed by atoms with Crippen LogP contribution in [0.15, 0.2) is 35.5 Å². The molecule has 0 N–H and O–H groups in total. The summed E-state index contributed by atoms with van der Waals surface area (Å²) in [6.45, 7) is 5.59. The van der Waals surface area contributed by atoms with Crippen molar-refractivity contribution < 1.29 is 27.4 Å². The van der Waals surface area contributed by atoms with Gasteiger partial charge in [0, 0.05) is 25.3 Å². The molecule has 0 bridgehead atoms. The molecular weight excluding hydrogens is 516 g/mol. The number of Topliss-reactive ketones (excluding diaryl/α,β-unsaturated/α-hetero) is 1. The highest BCUT2D eigenvalue weighted by atomic mass is 32.2. The number of rotatable bonds is 10. The zero-order valence-corrected chi connectivity index (χ0v) is 23.6. The number of carbonyl (C=O) groups is 1. The first-order valence-corrected chi connectivity index (χ1v) is 15.8. The Hall–Kier alpha value is -2.20. The molecule has 2 aromatic rings. The smallest absolute Gasteiger partial charge is 0.181 e. The normalized spacial score (nSPS) is 24.5. The van der Waals surface area contributed by atoms with Crippen molar-refractivity contribution in [3.05, 3.63) is 53.1 Å². The Morgan fingerprint density at radius 3 is 2.44 bits per heavy atom. The number of hydrogen-bond acceptors (Lipinski definition) is 8. The number of aromatic nitrogens is 2. The summed E-state index contributed by atoms with van der Waals surface area (Å²) in [6, 6.07) is 5.69. The van der Waals surface area contributed by atoms with Crippen molar-refractivity contribution in [2.24, 2.45) is 5.92 Å². The molecule has 3 heterocycles. The van der Waals surface area contributed by atoms with Gasteiger partial charge in [-0.1, -0.05) is 12.1 Å². The van der Waals surface area contributed by atoms with Gasteiger partial charge in [-0.15, -0.1) is 0 Å². The van der Waals surface area contributed by atoms with Crippen molar-refractivity contribution in [3.63, 3.8) is 0 Å². The summed E-state index contributed by atoms with van der Waals surface area (Å²) in [7, 11) is -3.30. The van der Waals surface area contributed by atoms with E-state index in [2.05, 4.69) is 9.97 Å². The molecule has 6 rings (SSSR count). The second-order valence-corrected chi connectivity index (χ2v) is 14.2. The SMILES string of the molecule is CC1(C)OCC(c2cnc(CC(=O)[C@H](CC3CCOCC3)c3ccc(S(=O)(=O)C4CC4)c(C4CC4)c3)cn2)O1. The standard InChI is InChI=1S/C30H38N2O6S/c1-30(2)37-18-28(38-30)26-17-31-22(16-32-26)15-27(33)24(13-19-9-11-36-12-10-19)21-5-8-29(25(14-21)20-3-4-20)39(34,35)23-6-7-23/h5,8,14,16-17,19-20,23-24,28H,3-4,6-7,9-13,15,18H2,1-2H3/t24-,28?/m1/s1. The van der Waals surface area contributed by atoms with E-state index in [9.17, 15) is 13.2 Å². The Morgan fingerprint density at radius 1 is 1.05 bits per heavy atom. The van der Waals surface area contributed by atoms with E-state index in [4.69, 9.17) is 14.2 Å². The number of benzene rings is 1. The highest BCUT2D eigenvalue weighted by Gasteiger charge is 2.41. The van der Waals surface area contributed by atoms with Crippen molar-refractivity contribution in [2.45, 2.75) is 99.1 Å². The van der Waals surface area contributed by atoms with Crippen LogP contribution in [0.25, 0.3) is 0 Å². The molecule has 4 fully saturated rings. The first-order valence-electron chi connectivity index (χ1n) is 14.3. The van der Waals surface area contributed by atoms with E-state index in [0.717, 1.165) is 56.1 Å². The third-order valence-electron chi connectivity index (χ3n) is 8.44. The predicted molar refractivity (Wildman–Crippen MR) is 144 cm³/mol. The second kappa shape index (κ2) is 10.7. The van der Waals surface area contributed by atoms with Gasteiger partial charge in [-0.2, -0.15) is 0 Å². The average molecular weight is 555 g/mol. The third-order valence-corrected chi connectivity index (χ3v) is 10.8. The van der Waals surface area contributed by atoms with Crippen molar-refractivity contribution in [3.8, 4) is 0 Å². The Kier molecular flexibility index (Phi) is 7.37. The molecule has 4 aliphatic rings. The molecule has 2 atom stereocenters. The molecule has 0 radical (unpaired) electrons. The van der Waals surface area contributed by atoms with Gasteiger partial charge >= 0.3 is 0 Å². The molecule has 2 aliphatic carbocycles. The summed E-state index contributed by atoms with van der Waals surface area (Å²) in [5.41, 5.74) is 3.15. The van der Waals surface area contributed by atoms with Crippen LogP contribution < -0.4 is 0 Å². The van der Waals surface area contributed by atoms with E-state index in [1.165, 1.54) is 0 Å². The van der Waals surface area contributed by atoms with Crippen LogP contribution in [0.4, 0.5) is 0 Å². The van der Waals surface area contributed by atoms with Gasteiger partial charge in [-0.05, 0) is 87.8 Å². The molecule has 210 valence electrons. The third kappa shape index (κ3) is 6.11. The zero-order chi connectivity index (χ0) is 27.2. The van der Waals surface area contributed by atoms with Gasteiger partial charge in [0.25, 0.3) is 0 Å². The fourth-order valence-corrected chi connectivity index (χ4v) is 7.77. The van der Waals surface area contributed by atoms with Crippen LogP contribution in [0.1, 0.15) is 99.2 Å². The van der Waals surface area contributed by atoms with Gasteiger partial charge in [0.15, 0.2) is 15.6 Å². The minimum atomic E-state index is -3.30. The van der Waals surface area contributed by atoms with Crippen molar-refractivity contribution in [1.29, 1.82) is 0 Å². The summed E-state index contributed by atoms with van der Waals surface area (Å²) < 4.78 is 43.4. The van der Waals surface area contributed by atoms with Gasteiger partial charge < -0.3 is 14.2 Å². The maximum Gasteiger partial charge on any atom is 0.181 e. The average Bonchev–Trinajstić information content (AvgIpc) is 3.85.